The van der Waals surface area contributed by atoms with E-state index in [0.29, 0.717) is 30.4 Å². The molecule has 168 valence electrons. The zero-order valence-electron chi connectivity index (χ0n) is 18.9. The molecule has 0 amide bonds. The maximum atomic E-state index is 11.5. The normalized spacial score (nSPS) is 20.0. The van der Waals surface area contributed by atoms with Crippen molar-refractivity contribution in [3.63, 3.8) is 0 Å². The van der Waals surface area contributed by atoms with Crippen molar-refractivity contribution in [2.75, 3.05) is 19.8 Å². The highest BCUT2D eigenvalue weighted by atomic mass is 16.5. The topological polar surface area (TPSA) is 55.8 Å². The second-order valence-corrected chi connectivity index (χ2v) is 8.75. The fourth-order valence-electron chi connectivity index (χ4n) is 4.17. The second kappa shape index (κ2) is 13.6. The molecule has 2 rings (SSSR count). The van der Waals surface area contributed by atoms with Crippen molar-refractivity contribution >= 4 is 5.97 Å². The number of hydrogen-bond acceptors (Lipinski definition) is 4. The first-order valence-electron chi connectivity index (χ1n) is 11.7. The summed E-state index contributed by atoms with van der Waals surface area (Å²) >= 11 is 0. The van der Waals surface area contributed by atoms with Crippen LogP contribution in [-0.2, 0) is 20.7 Å². The summed E-state index contributed by atoms with van der Waals surface area (Å²) in [6, 6.07) is 9.11. The van der Waals surface area contributed by atoms with E-state index >= 15 is 0 Å². The Kier molecular flexibility index (Phi) is 11.2. The van der Waals surface area contributed by atoms with Gasteiger partial charge in [0.2, 0.25) is 0 Å². The molecule has 0 radical (unpaired) electrons. The molecule has 3 atom stereocenters. The number of aliphatic hydroxyl groups is 1. The summed E-state index contributed by atoms with van der Waals surface area (Å²) in [4.78, 5) is 11.5. The summed E-state index contributed by atoms with van der Waals surface area (Å²) in [7, 11) is 0. The van der Waals surface area contributed by atoms with E-state index in [9.17, 15) is 9.90 Å². The van der Waals surface area contributed by atoms with Crippen LogP contribution in [0, 0.1) is 5.92 Å². The van der Waals surface area contributed by atoms with E-state index in [-0.39, 0.29) is 18.7 Å². The monoisotopic (exact) mass is 416 g/mol. The van der Waals surface area contributed by atoms with Crippen LogP contribution in [0.2, 0.25) is 0 Å². The molecular weight excluding hydrogens is 376 g/mol. The first kappa shape index (κ1) is 24.6. The number of benzene rings is 1. The Morgan fingerprint density at radius 2 is 2.00 bits per heavy atom. The highest BCUT2D eigenvalue weighted by Crippen LogP contribution is 2.32. The van der Waals surface area contributed by atoms with Gasteiger partial charge in [0.15, 0.2) is 0 Å². The Balaban J connectivity index is 1.75. The van der Waals surface area contributed by atoms with Crippen LogP contribution in [0.3, 0.4) is 0 Å². The highest BCUT2D eigenvalue weighted by molar-refractivity contribution is 5.86. The summed E-state index contributed by atoms with van der Waals surface area (Å²) in [5, 5.41) is 9.38. The Hall–Kier alpha value is -1.65. The van der Waals surface area contributed by atoms with Gasteiger partial charge in [0.25, 0.3) is 0 Å². The predicted molar refractivity (Wildman–Crippen MR) is 122 cm³/mol. The van der Waals surface area contributed by atoms with Crippen molar-refractivity contribution in [2.45, 2.75) is 83.7 Å². The van der Waals surface area contributed by atoms with Crippen LogP contribution < -0.4 is 0 Å². The van der Waals surface area contributed by atoms with Gasteiger partial charge in [0, 0.05) is 18.1 Å². The molecule has 0 aliphatic carbocycles. The molecule has 1 N–H and O–H groups in total. The van der Waals surface area contributed by atoms with Crippen LogP contribution in [0.25, 0.3) is 0 Å². The molecule has 0 spiro atoms. The van der Waals surface area contributed by atoms with E-state index in [0.717, 1.165) is 32.3 Å². The first-order chi connectivity index (χ1) is 14.5. The number of rotatable bonds is 13. The lowest BCUT2D eigenvalue weighted by Gasteiger charge is -2.31. The molecule has 1 saturated heterocycles. The third kappa shape index (κ3) is 8.61. The molecule has 1 heterocycles. The number of aryl methyl sites for hydroxylation is 1. The van der Waals surface area contributed by atoms with E-state index in [1.807, 2.05) is 0 Å². The maximum Gasteiger partial charge on any atom is 0.333 e. The van der Waals surface area contributed by atoms with Crippen LogP contribution in [0.5, 0.6) is 0 Å². The minimum absolute atomic E-state index is 0.152. The van der Waals surface area contributed by atoms with E-state index in [2.05, 4.69) is 37.8 Å². The SMILES string of the molecule is C=C(C)C(=O)OCCC(CCO)CC1CCC(c2ccc(CCCCC)cc2)CO1. The number of aliphatic hydroxyl groups excluding tert-OH is 1. The van der Waals surface area contributed by atoms with Gasteiger partial charge in [-0.25, -0.2) is 4.79 Å². The van der Waals surface area contributed by atoms with E-state index in [1.165, 1.54) is 36.8 Å². The minimum atomic E-state index is -0.342. The van der Waals surface area contributed by atoms with Crippen molar-refractivity contribution in [1.29, 1.82) is 0 Å². The predicted octanol–water partition coefficient (Wildman–Crippen LogP) is 5.58. The highest BCUT2D eigenvalue weighted by Gasteiger charge is 2.25. The smallest absolute Gasteiger partial charge is 0.333 e. The molecule has 0 aromatic heterocycles. The third-order valence-corrected chi connectivity index (χ3v) is 6.13. The lowest BCUT2D eigenvalue weighted by Crippen LogP contribution is -2.27. The van der Waals surface area contributed by atoms with Crippen molar-refractivity contribution in [3.8, 4) is 0 Å². The van der Waals surface area contributed by atoms with Gasteiger partial charge in [0.1, 0.15) is 0 Å². The van der Waals surface area contributed by atoms with E-state index in [4.69, 9.17) is 9.47 Å². The number of esters is 1. The van der Waals surface area contributed by atoms with Gasteiger partial charge < -0.3 is 14.6 Å². The lowest BCUT2D eigenvalue weighted by atomic mass is 9.86. The molecule has 3 unspecified atom stereocenters. The van der Waals surface area contributed by atoms with Crippen LogP contribution in [0.15, 0.2) is 36.4 Å². The van der Waals surface area contributed by atoms with Gasteiger partial charge in [-0.3, -0.25) is 0 Å². The minimum Gasteiger partial charge on any atom is -0.462 e. The number of hydrogen-bond donors (Lipinski definition) is 1. The van der Waals surface area contributed by atoms with Gasteiger partial charge in [-0.2, -0.15) is 0 Å². The molecule has 30 heavy (non-hydrogen) atoms. The molecule has 1 aromatic rings. The van der Waals surface area contributed by atoms with Gasteiger partial charge >= 0.3 is 5.97 Å². The third-order valence-electron chi connectivity index (χ3n) is 6.13. The van der Waals surface area contributed by atoms with Gasteiger partial charge in [-0.1, -0.05) is 50.6 Å². The van der Waals surface area contributed by atoms with Gasteiger partial charge in [-0.05, 0) is 68.9 Å². The quantitative estimate of drug-likeness (QED) is 0.259. The lowest BCUT2D eigenvalue weighted by molar-refractivity contribution is -0.139. The van der Waals surface area contributed by atoms with Crippen LogP contribution >= 0.6 is 0 Å². The van der Waals surface area contributed by atoms with Crippen molar-refractivity contribution in [2.24, 2.45) is 5.92 Å². The van der Waals surface area contributed by atoms with Crippen LogP contribution in [0.4, 0.5) is 0 Å². The molecule has 1 aliphatic rings. The summed E-state index contributed by atoms with van der Waals surface area (Å²) in [6.07, 6.45) is 9.78. The molecule has 0 saturated carbocycles. The van der Waals surface area contributed by atoms with E-state index < -0.39 is 0 Å². The number of carbonyl (C=O) groups is 1. The van der Waals surface area contributed by atoms with Gasteiger partial charge in [-0.15, -0.1) is 0 Å². The zero-order chi connectivity index (χ0) is 21.8. The Morgan fingerprint density at radius 1 is 1.23 bits per heavy atom. The molecular formula is C26H40O4. The first-order valence-corrected chi connectivity index (χ1v) is 11.7. The summed E-state index contributed by atoms with van der Waals surface area (Å²) in [6.45, 7) is 8.78. The summed E-state index contributed by atoms with van der Waals surface area (Å²) < 4.78 is 11.4. The number of unbranched alkanes of at least 4 members (excludes halogenated alkanes) is 2. The fraction of sp³-hybridized carbons (Fsp3) is 0.654. The standard InChI is InChI=1S/C26H40O4/c1-4-5-6-7-21-8-10-23(11-9-21)24-12-13-25(30-19-24)18-22(14-16-27)15-17-29-26(28)20(2)3/h8-11,22,24-25,27H,2,4-7,12-19H2,1,3H3. The molecule has 1 aliphatic heterocycles. The van der Waals surface area contributed by atoms with Crippen molar-refractivity contribution in [1.82, 2.24) is 0 Å². The molecule has 4 heteroatoms. The Bertz CT molecular complexity index is 629. The van der Waals surface area contributed by atoms with Gasteiger partial charge in [0.05, 0.1) is 19.3 Å². The average Bonchev–Trinajstić information content (AvgIpc) is 2.75. The summed E-state index contributed by atoms with van der Waals surface area (Å²) in [5.41, 5.74) is 3.23. The molecule has 0 bridgehead atoms. The summed E-state index contributed by atoms with van der Waals surface area (Å²) in [5.74, 6) is 0.432. The maximum absolute atomic E-state index is 11.5. The Morgan fingerprint density at radius 3 is 2.60 bits per heavy atom. The zero-order valence-corrected chi connectivity index (χ0v) is 18.9. The van der Waals surface area contributed by atoms with Crippen LogP contribution in [-0.4, -0.2) is 37.0 Å². The molecule has 1 fully saturated rings. The molecule has 4 nitrogen and oxygen atoms in total. The van der Waals surface area contributed by atoms with Crippen molar-refractivity contribution in [3.05, 3.63) is 47.5 Å². The molecule has 1 aromatic carbocycles. The van der Waals surface area contributed by atoms with E-state index in [1.54, 1.807) is 6.92 Å². The second-order valence-electron chi connectivity index (χ2n) is 8.75. The number of carbonyl (C=O) groups excluding carboxylic acids is 1. The van der Waals surface area contributed by atoms with Crippen molar-refractivity contribution < 1.29 is 19.4 Å². The average molecular weight is 417 g/mol. The largest absolute Gasteiger partial charge is 0.462 e. The Labute approximate surface area is 182 Å². The van der Waals surface area contributed by atoms with Crippen LogP contribution in [0.1, 0.15) is 82.3 Å². The number of ether oxygens (including phenoxy) is 2. The fourth-order valence-corrected chi connectivity index (χ4v) is 4.17.